The van der Waals surface area contributed by atoms with Gasteiger partial charge in [-0.1, -0.05) is 13.8 Å². The molecule has 0 fully saturated rings. The third-order valence-corrected chi connectivity index (χ3v) is 5.29. The van der Waals surface area contributed by atoms with E-state index in [0.29, 0.717) is 29.5 Å². The molecule has 0 bridgehead atoms. The summed E-state index contributed by atoms with van der Waals surface area (Å²) in [4.78, 5) is 0.186. The summed E-state index contributed by atoms with van der Waals surface area (Å²) in [6.07, 6.45) is 0.767. The minimum Gasteiger partial charge on any atom is -0.236 e. The molecule has 0 radical (unpaired) electrons. The number of benzene rings is 1. The molecular weight excluding hydrogens is 317 g/mol. The van der Waals surface area contributed by atoms with Crippen LogP contribution in [0.15, 0.2) is 29.2 Å². The molecule has 126 valence electrons. The van der Waals surface area contributed by atoms with Crippen molar-refractivity contribution in [2.75, 3.05) is 6.54 Å². The van der Waals surface area contributed by atoms with Gasteiger partial charge in [-0.15, -0.1) is 0 Å². The van der Waals surface area contributed by atoms with Crippen LogP contribution < -0.4 is 4.72 Å². The Morgan fingerprint density at radius 1 is 1.22 bits per heavy atom. The molecule has 23 heavy (non-hydrogen) atoms. The molecule has 0 aliphatic carbocycles. The minimum absolute atomic E-state index is 0.186. The number of halogens is 1. The van der Waals surface area contributed by atoms with Gasteiger partial charge >= 0.3 is 0 Å². The van der Waals surface area contributed by atoms with Crippen molar-refractivity contribution in [3.8, 4) is 5.69 Å². The van der Waals surface area contributed by atoms with E-state index in [9.17, 15) is 12.8 Å². The number of hydrogen-bond donors (Lipinski definition) is 1. The Morgan fingerprint density at radius 2 is 1.83 bits per heavy atom. The van der Waals surface area contributed by atoms with Gasteiger partial charge in [0.05, 0.1) is 17.1 Å². The van der Waals surface area contributed by atoms with Crippen molar-refractivity contribution in [2.24, 2.45) is 5.92 Å². The van der Waals surface area contributed by atoms with Crippen molar-refractivity contribution in [3.63, 3.8) is 0 Å². The predicted molar refractivity (Wildman–Crippen MR) is 87.6 cm³/mol. The van der Waals surface area contributed by atoms with E-state index in [-0.39, 0.29) is 10.7 Å². The van der Waals surface area contributed by atoms with Crippen molar-refractivity contribution in [1.29, 1.82) is 0 Å². The van der Waals surface area contributed by atoms with Crippen molar-refractivity contribution < 1.29 is 12.8 Å². The lowest BCUT2D eigenvalue weighted by Crippen LogP contribution is -2.26. The standard InChI is InChI=1S/C16H22FN3O2S/c1-11(2)9-10-18-23(21,22)16-12(3)19-20(13(16)4)15-7-5-14(17)6-8-15/h5-8,11,18H,9-10H2,1-4H3. The highest BCUT2D eigenvalue weighted by Crippen LogP contribution is 2.22. The van der Waals surface area contributed by atoms with E-state index in [0.717, 1.165) is 6.42 Å². The molecule has 0 unspecified atom stereocenters. The summed E-state index contributed by atoms with van der Waals surface area (Å²) in [5.41, 5.74) is 1.55. The first-order chi connectivity index (χ1) is 10.7. The molecule has 2 rings (SSSR count). The Kier molecular flexibility index (Phi) is 5.21. The lowest BCUT2D eigenvalue weighted by atomic mass is 10.1. The molecule has 1 aromatic carbocycles. The van der Waals surface area contributed by atoms with Gasteiger partial charge < -0.3 is 0 Å². The van der Waals surface area contributed by atoms with Gasteiger partial charge in [0.25, 0.3) is 0 Å². The summed E-state index contributed by atoms with van der Waals surface area (Å²) in [5.74, 6) is 0.0697. The van der Waals surface area contributed by atoms with Crippen LogP contribution in [0.3, 0.4) is 0 Å². The Hall–Kier alpha value is -1.73. The molecule has 0 aliphatic rings. The molecule has 0 atom stereocenters. The summed E-state index contributed by atoms with van der Waals surface area (Å²) in [5, 5.41) is 4.29. The number of aromatic nitrogens is 2. The highest BCUT2D eigenvalue weighted by atomic mass is 32.2. The van der Waals surface area contributed by atoms with Crippen LogP contribution in [0.1, 0.15) is 31.7 Å². The third kappa shape index (κ3) is 3.97. The zero-order chi connectivity index (χ0) is 17.2. The van der Waals surface area contributed by atoms with E-state index < -0.39 is 10.0 Å². The van der Waals surface area contributed by atoms with Gasteiger partial charge in [0.2, 0.25) is 10.0 Å². The van der Waals surface area contributed by atoms with Crippen LogP contribution in [-0.4, -0.2) is 24.7 Å². The van der Waals surface area contributed by atoms with Crippen LogP contribution in [0, 0.1) is 25.6 Å². The molecule has 7 heteroatoms. The normalized spacial score (nSPS) is 12.1. The zero-order valence-electron chi connectivity index (χ0n) is 13.8. The summed E-state index contributed by atoms with van der Waals surface area (Å²) in [7, 11) is -3.62. The second kappa shape index (κ2) is 6.80. The maximum Gasteiger partial charge on any atom is 0.244 e. The summed E-state index contributed by atoms with van der Waals surface area (Å²) in [6, 6.07) is 5.77. The fraction of sp³-hybridized carbons (Fsp3) is 0.438. The summed E-state index contributed by atoms with van der Waals surface area (Å²) >= 11 is 0. The van der Waals surface area contributed by atoms with Gasteiger partial charge in [-0.25, -0.2) is 22.2 Å². The molecule has 1 aromatic heterocycles. The van der Waals surface area contributed by atoms with Crippen LogP contribution in [0.25, 0.3) is 5.69 Å². The maximum absolute atomic E-state index is 13.0. The van der Waals surface area contributed by atoms with Crippen LogP contribution >= 0.6 is 0 Å². The molecule has 1 heterocycles. The number of hydrogen-bond acceptors (Lipinski definition) is 3. The first-order valence-corrected chi connectivity index (χ1v) is 9.02. The van der Waals surface area contributed by atoms with Gasteiger partial charge in [0.15, 0.2) is 0 Å². The van der Waals surface area contributed by atoms with E-state index in [4.69, 9.17) is 0 Å². The van der Waals surface area contributed by atoms with Crippen LogP contribution in [0.4, 0.5) is 4.39 Å². The average molecular weight is 339 g/mol. The number of aryl methyl sites for hydroxylation is 1. The lowest BCUT2D eigenvalue weighted by Gasteiger charge is -2.09. The van der Waals surface area contributed by atoms with E-state index in [1.165, 1.54) is 16.8 Å². The monoisotopic (exact) mass is 339 g/mol. The quantitative estimate of drug-likeness (QED) is 0.880. The first kappa shape index (κ1) is 17.6. The topological polar surface area (TPSA) is 64.0 Å². The fourth-order valence-corrected chi connectivity index (χ4v) is 3.84. The predicted octanol–water partition coefficient (Wildman–Crippen LogP) is 2.95. The van der Waals surface area contributed by atoms with Crippen LogP contribution in [0.2, 0.25) is 0 Å². The van der Waals surface area contributed by atoms with Gasteiger partial charge in [0.1, 0.15) is 10.7 Å². The van der Waals surface area contributed by atoms with Crippen molar-refractivity contribution in [2.45, 2.75) is 39.0 Å². The molecular formula is C16H22FN3O2S. The fourth-order valence-electron chi connectivity index (χ4n) is 2.41. The summed E-state index contributed by atoms with van der Waals surface area (Å²) in [6.45, 7) is 7.82. The number of nitrogens with zero attached hydrogens (tertiary/aromatic N) is 2. The first-order valence-electron chi connectivity index (χ1n) is 7.54. The molecule has 0 saturated carbocycles. The lowest BCUT2D eigenvalue weighted by molar-refractivity contribution is 0.551. The Balaban J connectivity index is 2.35. The van der Waals surface area contributed by atoms with Gasteiger partial charge in [-0.2, -0.15) is 5.10 Å². The SMILES string of the molecule is Cc1nn(-c2ccc(F)cc2)c(C)c1S(=O)(=O)NCCC(C)C. The smallest absolute Gasteiger partial charge is 0.236 e. The highest BCUT2D eigenvalue weighted by Gasteiger charge is 2.24. The van der Waals surface area contributed by atoms with Crippen molar-refractivity contribution >= 4 is 10.0 Å². The second-order valence-electron chi connectivity index (χ2n) is 5.97. The van der Waals surface area contributed by atoms with E-state index in [1.54, 1.807) is 26.0 Å². The highest BCUT2D eigenvalue weighted by molar-refractivity contribution is 7.89. The largest absolute Gasteiger partial charge is 0.244 e. The Bertz CT molecular complexity index is 780. The molecule has 2 aromatic rings. The molecule has 1 N–H and O–H groups in total. The van der Waals surface area contributed by atoms with Crippen LogP contribution in [0.5, 0.6) is 0 Å². The van der Waals surface area contributed by atoms with Gasteiger partial charge in [0, 0.05) is 6.54 Å². The Labute approximate surface area is 136 Å². The Morgan fingerprint density at radius 3 is 2.39 bits per heavy atom. The van der Waals surface area contributed by atoms with Gasteiger partial charge in [-0.3, -0.25) is 0 Å². The number of sulfonamides is 1. The van der Waals surface area contributed by atoms with Crippen molar-refractivity contribution in [3.05, 3.63) is 41.5 Å². The molecule has 0 spiro atoms. The number of nitrogens with one attached hydrogen (secondary N) is 1. The van der Waals surface area contributed by atoms with Crippen molar-refractivity contribution in [1.82, 2.24) is 14.5 Å². The minimum atomic E-state index is -3.62. The van der Waals surface area contributed by atoms with E-state index in [1.807, 2.05) is 13.8 Å². The summed E-state index contributed by atoms with van der Waals surface area (Å²) < 4.78 is 42.2. The van der Waals surface area contributed by atoms with E-state index >= 15 is 0 Å². The second-order valence-corrected chi connectivity index (χ2v) is 7.67. The maximum atomic E-state index is 13.0. The zero-order valence-corrected chi connectivity index (χ0v) is 14.6. The van der Waals surface area contributed by atoms with Gasteiger partial charge in [-0.05, 0) is 50.5 Å². The molecule has 0 saturated heterocycles. The molecule has 0 amide bonds. The average Bonchev–Trinajstić information content (AvgIpc) is 2.74. The number of rotatable bonds is 6. The third-order valence-electron chi connectivity index (χ3n) is 3.58. The molecule has 0 aliphatic heterocycles. The van der Waals surface area contributed by atoms with E-state index in [2.05, 4.69) is 9.82 Å². The van der Waals surface area contributed by atoms with Crippen LogP contribution in [-0.2, 0) is 10.0 Å². The molecule has 5 nitrogen and oxygen atoms in total.